The Balaban J connectivity index is 1.15. The highest BCUT2D eigenvalue weighted by molar-refractivity contribution is 6.00. The third-order valence-corrected chi connectivity index (χ3v) is 10.4. The average molecular weight is 608 g/mol. The molecule has 4 fully saturated rings. The quantitative estimate of drug-likeness (QED) is 0.279. The number of fused-ring (bicyclic) bond motifs is 4. The lowest BCUT2D eigenvalue weighted by Gasteiger charge is -2.38. The minimum atomic E-state index is 0.00508. The number of imidazole rings is 1. The Bertz CT molecular complexity index is 1950. The van der Waals surface area contributed by atoms with Gasteiger partial charge in [-0.15, -0.1) is 5.10 Å². The third kappa shape index (κ3) is 4.33. The lowest BCUT2D eigenvalue weighted by Crippen LogP contribution is -2.48. The Morgan fingerprint density at radius 1 is 1.04 bits per heavy atom. The van der Waals surface area contributed by atoms with E-state index in [2.05, 4.69) is 36.4 Å². The number of carbonyl (C=O) groups excluding carboxylic acids is 1. The minimum Gasteiger partial charge on any atom is -0.494 e. The predicted octanol–water partition coefficient (Wildman–Crippen LogP) is 3.86. The zero-order chi connectivity index (χ0) is 30.4. The highest BCUT2D eigenvalue weighted by Gasteiger charge is 2.47. The smallest absolute Gasteiger partial charge is 0.318 e. The number of nitrogens with two attached hydrogens (primary N) is 1. The van der Waals surface area contributed by atoms with Crippen molar-refractivity contribution in [2.45, 2.75) is 57.8 Å². The number of rotatable bonds is 8. The fourth-order valence-electron chi connectivity index (χ4n) is 7.86. The Morgan fingerprint density at radius 3 is 2.60 bits per heavy atom. The highest BCUT2D eigenvalue weighted by Crippen LogP contribution is 2.41. The summed E-state index contributed by atoms with van der Waals surface area (Å²) in [6.45, 7) is 5.75. The molecule has 2 unspecified atom stereocenters. The first-order valence-electron chi connectivity index (χ1n) is 16.1. The standard InChI is InChI=1S/C33H37N9O3/c1-18-37-38-33(45-18)39-13-20(14-39)16-42-29-24(10-23(12-27(29)44-2)32(43)41-17-22-7-8-25(41)28(22)34)36-31(42)26-11-21-4-3-9-35-30(21)40(26)15-19-5-6-19/h3-4,9-12,19-20,22,25,28H,5-8,13-17,34H2,1-2H3/t22?,25?,28-/m1/s1. The number of nitrogens with zero attached hydrogens (tertiary/aromatic N) is 8. The number of carbonyl (C=O) groups is 1. The number of ether oxygens (including phenoxy) is 1. The second-order valence-corrected chi connectivity index (χ2v) is 13.4. The van der Waals surface area contributed by atoms with Gasteiger partial charge < -0.3 is 33.8 Å². The van der Waals surface area contributed by atoms with Gasteiger partial charge in [0.05, 0.1) is 18.3 Å². The molecule has 2 N–H and O–H groups in total. The molecule has 1 aromatic carbocycles. The van der Waals surface area contributed by atoms with Crippen LogP contribution in [0.1, 0.15) is 41.9 Å². The number of pyridine rings is 1. The van der Waals surface area contributed by atoms with E-state index in [9.17, 15) is 4.79 Å². The van der Waals surface area contributed by atoms with Gasteiger partial charge in [0, 0.05) is 74.8 Å². The Morgan fingerprint density at radius 2 is 1.89 bits per heavy atom. The Labute approximate surface area is 260 Å². The topological polar surface area (TPSA) is 133 Å². The van der Waals surface area contributed by atoms with Crippen LogP contribution in [0.3, 0.4) is 0 Å². The van der Waals surface area contributed by atoms with Gasteiger partial charge in [0.1, 0.15) is 16.9 Å². The van der Waals surface area contributed by atoms with Gasteiger partial charge in [0.2, 0.25) is 5.89 Å². The van der Waals surface area contributed by atoms with Crippen LogP contribution < -0.4 is 15.4 Å². The zero-order valence-corrected chi connectivity index (χ0v) is 25.6. The fraction of sp³-hybridized carbons (Fsp3) is 0.485. The molecule has 3 atom stereocenters. The van der Waals surface area contributed by atoms with Crippen LogP contribution in [0.2, 0.25) is 0 Å². The SMILES string of the molecule is COc1cc(C(=O)N2CC3CCC2[C@@H]3N)cc2nc(-c3cc4cccnc4n3CC3CC3)n(CC3CN(c4nnc(C)o4)C3)c12. The van der Waals surface area contributed by atoms with Crippen LogP contribution in [-0.2, 0) is 13.1 Å². The van der Waals surface area contributed by atoms with E-state index in [0.717, 1.165) is 79.2 Å². The van der Waals surface area contributed by atoms with Gasteiger partial charge in [-0.25, -0.2) is 9.97 Å². The van der Waals surface area contributed by atoms with Crippen molar-refractivity contribution in [1.29, 1.82) is 0 Å². The summed E-state index contributed by atoms with van der Waals surface area (Å²) < 4.78 is 16.3. The maximum absolute atomic E-state index is 13.9. The van der Waals surface area contributed by atoms with Gasteiger partial charge in [-0.3, -0.25) is 4.79 Å². The van der Waals surface area contributed by atoms with Crippen LogP contribution in [0.5, 0.6) is 5.75 Å². The van der Waals surface area contributed by atoms with Crippen molar-refractivity contribution in [3.63, 3.8) is 0 Å². The molecule has 12 nitrogen and oxygen atoms in total. The van der Waals surface area contributed by atoms with Crippen LogP contribution >= 0.6 is 0 Å². The van der Waals surface area contributed by atoms with E-state index in [1.165, 1.54) is 12.8 Å². The number of anilines is 1. The van der Waals surface area contributed by atoms with Crippen molar-refractivity contribution >= 4 is 34.0 Å². The zero-order valence-electron chi connectivity index (χ0n) is 25.6. The number of amides is 1. The number of benzene rings is 1. The molecule has 6 heterocycles. The maximum Gasteiger partial charge on any atom is 0.318 e. The summed E-state index contributed by atoms with van der Waals surface area (Å²) in [7, 11) is 1.67. The number of hydrogen-bond acceptors (Lipinski definition) is 9. The molecule has 4 aliphatic rings. The number of piperidine rings is 1. The second kappa shape index (κ2) is 10.0. The first kappa shape index (κ1) is 26.9. The fourth-order valence-corrected chi connectivity index (χ4v) is 7.86. The van der Waals surface area contributed by atoms with Gasteiger partial charge in [-0.1, -0.05) is 5.10 Å². The van der Waals surface area contributed by atoms with E-state index in [4.69, 9.17) is 24.9 Å². The molecule has 9 rings (SSSR count). The monoisotopic (exact) mass is 607 g/mol. The molecule has 2 bridgehead atoms. The van der Waals surface area contributed by atoms with Crippen molar-refractivity contribution in [3.05, 3.63) is 48.0 Å². The first-order chi connectivity index (χ1) is 21.9. The molecule has 2 aliphatic carbocycles. The van der Waals surface area contributed by atoms with Crippen molar-refractivity contribution < 1.29 is 13.9 Å². The second-order valence-electron chi connectivity index (χ2n) is 13.4. The Kier molecular flexibility index (Phi) is 6.00. The summed E-state index contributed by atoms with van der Waals surface area (Å²) in [5.74, 6) is 3.45. The van der Waals surface area contributed by atoms with Crippen LogP contribution in [0.15, 0.2) is 40.9 Å². The molecule has 0 spiro atoms. The molecule has 5 aromatic rings. The number of aryl methyl sites for hydroxylation is 1. The number of hydrogen-bond donors (Lipinski definition) is 1. The summed E-state index contributed by atoms with van der Waals surface area (Å²) >= 11 is 0. The van der Waals surface area contributed by atoms with Crippen molar-refractivity contribution in [2.75, 3.05) is 31.6 Å². The van der Waals surface area contributed by atoms with Crippen LogP contribution in [0.4, 0.5) is 6.01 Å². The van der Waals surface area contributed by atoms with Crippen molar-refractivity contribution in [3.8, 4) is 17.3 Å². The van der Waals surface area contributed by atoms with Crippen LogP contribution in [-0.4, -0.2) is 78.9 Å². The van der Waals surface area contributed by atoms with Crippen LogP contribution in [0.25, 0.3) is 33.6 Å². The summed E-state index contributed by atoms with van der Waals surface area (Å²) in [4.78, 5) is 28.0. The molecule has 232 valence electrons. The predicted molar refractivity (Wildman–Crippen MR) is 168 cm³/mol. The maximum atomic E-state index is 13.9. The minimum absolute atomic E-state index is 0.00508. The average Bonchev–Trinajstić information content (AvgIpc) is 3.31. The van der Waals surface area contributed by atoms with Crippen molar-refractivity contribution in [1.82, 2.24) is 34.2 Å². The van der Waals surface area contributed by atoms with Gasteiger partial charge >= 0.3 is 6.01 Å². The molecule has 4 aromatic heterocycles. The summed E-state index contributed by atoms with van der Waals surface area (Å²) in [5.41, 5.74) is 10.7. The molecular formula is C33H37N9O3. The molecule has 2 aliphatic heterocycles. The van der Waals surface area contributed by atoms with Gasteiger partial charge in [0.15, 0.2) is 5.82 Å². The number of aromatic nitrogens is 6. The molecule has 2 saturated heterocycles. The van der Waals surface area contributed by atoms with E-state index < -0.39 is 0 Å². The normalized spacial score (nSPS) is 23.0. The molecule has 45 heavy (non-hydrogen) atoms. The largest absolute Gasteiger partial charge is 0.494 e. The molecule has 12 heteroatoms. The molecular weight excluding hydrogens is 570 g/mol. The van der Waals surface area contributed by atoms with Gasteiger partial charge in [-0.05, 0) is 67.9 Å². The van der Waals surface area contributed by atoms with Gasteiger partial charge in [0.25, 0.3) is 5.91 Å². The summed E-state index contributed by atoms with van der Waals surface area (Å²) in [5, 5.41) is 9.30. The lowest BCUT2D eigenvalue weighted by atomic mass is 10.0. The summed E-state index contributed by atoms with van der Waals surface area (Å²) in [6.07, 6.45) is 6.39. The molecule has 2 saturated carbocycles. The number of methoxy groups -OCH3 is 1. The van der Waals surface area contributed by atoms with E-state index in [1.54, 1.807) is 14.0 Å². The molecule has 0 radical (unpaired) electrons. The van der Waals surface area contributed by atoms with Crippen molar-refractivity contribution in [2.24, 2.45) is 23.5 Å². The summed E-state index contributed by atoms with van der Waals surface area (Å²) in [6, 6.07) is 10.9. The lowest BCUT2D eigenvalue weighted by molar-refractivity contribution is 0.0700. The molecule has 1 amide bonds. The highest BCUT2D eigenvalue weighted by atomic mass is 16.5. The number of likely N-dealkylation sites (tertiary alicyclic amines) is 1. The first-order valence-corrected chi connectivity index (χ1v) is 16.1. The van der Waals surface area contributed by atoms with E-state index in [-0.39, 0.29) is 18.0 Å². The third-order valence-electron chi connectivity index (χ3n) is 10.4. The van der Waals surface area contributed by atoms with E-state index in [1.807, 2.05) is 29.3 Å². The van der Waals surface area contributed by atoms with Gasteiger partial charge in [-0.2, -0.15) is 0 Å². The Hall–Kier alpha value is -4.45. The van der Waals surface area contributed by atoms with E-state index in [0.29, 0.717) is 41.0 Å². The van der Waals surface area contributed by atoms with E-state index >= 15 is 0 Å². The van der Waals surface area contributed by atoms with Crippen LogP contribution in [0, 0.1) is 24.7 Å².